The Morgan fingerprint density at radius 1 is 1.18 bits per heavy atom. The predicted molar refractivity (Wildman–Crippen MR) is 86.2 cm³/mol. The normalized spacial score (nSPS) is 12.7. The highest BCUT2D eigenvalue weighted by molar-refractivity contribution is 5.78. The summed E-state index contributed by atoms with van der Waals surface area (Å²) in [5.41, 5.74) is 7.75. The van der Waals surface area contributed by atoms with Crippen LogP contribution in [-0.4, -0.2) is 18.1 Å². The average Bonchev–Trinajstić information content (AvgIpc) is 2.55. The lowest BCUT2D eigenvalue weighted by atomic mass is 9.71. The Morgan fingerprint density at radius 2 is 1.86 bits per heavy atom. The van der Waals surface area contributed by atoms with E-state index < -0.39 is 5.41 Å². The molecular weight excluding hydrogens is 276 g/mol. The zero-order valence-corrected chi connectivity index (χ0v) is 13.2. The van der Waals surface area contributed by atoms with Gasteiger partial charge < -0.3 is 10.5 Å². The quantitative estimate of drug-likeness (QED) is 0.862. The minimum Gasteiger partial charge on any atom is -0.469 e. The molecule has 0 aliphatic heterocycles. The largest absolute Gasteiger partial charge is 0.469 e. The zero-order chi connectivity index (χ0) is 16.2. The van der Waals surface area contributed by atoms with Gasteiger partial charge in [-0.05, 0) is 31.0 Å². The van der Waals surface area contributed by atoms with Crippen molar-refractivity contribution < 1.29 is 9.53 Å². The summed E-state index contributed by atoms with van der Waals surface area (Å²) in [5, 5.41) is 0. The van der Waals surface area contributed by atoms with E-state index >= 15 is 0 Å². The highest BCUT2D eigenvalue weighted by Crippen LogP contribution is 2.41. The number of carbonyl (C=O) groups excluding carboxylic acids is 1. The third kappa shape index (κ3) is 3.17. The Balaban J connectivity index is 2.52. The first-order chi connectivity index (χ1) is 10.5. The molecule has 0 bridgehead atoms. The first-order valence-corrected chi connectivity index (χ1v) is 7.29. The maximum absolute atomic E-state index is 12.3. The summed E-state index contributed by atoms with van der Waals surface area (Å²) in [6.07, 6.45) is 1.80. The third-order valence-electron chi connectivity index (χ3n) is 3.96. The summed E-state index contributed by atoms with van der Waals surface area (Å²) in [7, 11) is 1.42. The number of benzene rings is 1. The fourth-order valence-corrected chi connectivity index (χ4v) is 2.78. The van der Waals surface area contributed by atoms with Crippen molar-refractivity contribution in [3.8, 4) is 0 Å². The summed E-state index contributed by atoms with van der Waals surface area (Å²) >= 11 is 0. The van der Waals surface area contributed by atoms with Gasteiger partial charge in [-0.1, -0.05) is 36.4 Å². The number of hydrogen-bond donors (Lipinski definition) is 1. The first-order valence-electron chi connectivity index (χ1n) is 7.29. The molecular formula is C18H22N2O2. The average molecular weight is 298 g/mol. The minimum atomic E-state index is -0.706. The van der Waals surface area contributed by atoms with Crippen LogP contribution >= 0.6 is 0 Å². The Hall–Kier alpha value is -2.20. The molecule has 4 nitrogen and oxygen atoms in total. The summed E-state index contributed by atoms with van der Waals surface area (Å²) in [5.74, 6) is -0.385. The lowest BCUT2D eigenvalue weighted by Gasteiger charge is -2.32. The van der Waals surface area contributed by atoms with E-state index in [1.807, 2.05) is 56.3 Å². The van der Waals surface area contributed by atoms with E-state index in [0.29, 0.717) is 6.54 Å². The molecule has 1 aromatic carbocycles. The molecule has 0 aliphatic carbocycles. The SMILES string of the molecule is COC(=O)C(C)(C)C(c1ccccc1)c1ccc(CN)nc1. The molecule has 1 unspecified atom stereocenters. The zero-order valence-electron chi connectivity index (χ0n) is 13.2. The van der Waals surface area contributed by atoms with Crippen LogP contribution in [-0.2, 0) is 16.1 Å². The second-order valence-electron chi connectivity index (χ2n) is 5.84. The molecule has 0 saturated heterocycles. The van der Waals surface area contributed by atoms with Crippen LogP contribution in [0.2, 0.25) is 0 Å². The molecule has 0 spiro atoms. The Morgan fingerprint density at radius 3 is 2.36 bits per heavy atom. The van der Waals surface area contributed by atoms with Gasteiger partial charge >= 0.3 is 5.97 Å². The van der Waals surface area contributed by atoms with Crippen LogP contribution in [0.3, 0.4) is 0 Å². The molecule has 0 saturated carbocycles. The number of pyridine rings is 1. The second-order valence-corrected chi connectivity index (χ2v) is 5.84. The molecule has 0 aliphatic rings. The van der Waals surface area contributed by atoms with Gasteiger partial charge in [0.15, 0.2) is 0 Å². The van der Waals surface area contributed by atoms with Gasteiger partial charge in [-0.25, -0.2) is 0 Å². The lowest BCUT2D eigenvalue weighted by Crippen LogP contribution is -2.33. The first kappa shape index (κ1) is 16.2. The Bertz CT molecular complexity index is 621. The second kappa shape index (κ2) is 6.71. The molecule has 1 atom stereocenters. The van der Waals surface area contributed by atoms with E-state index in [4.69, 9.17) is 10.5 Å². The molecule has 2 rings (SSSR count). The predicted octanol–water partition coefficient (Wildman–Crippen LogP) is 2.87. The van der Waals surface area contributed by atoms with Gasteiger partial charge in [0.05, 0.1) is 18.2 Å². The summed E-state index contributed by atoms with van der Waals surface area (Å²) in [6, 6.07) is 13.8. The number of rotatable bonds is 5. The highest BCUT2D eigenvalue weighted by atomic mass is 16.5. The highest BCUT2D eigenvalue weighted by Gasteiger charge is 2.39. The van der Waals surface area contributed by atoms with Crippen LogP contribution in [0.5, 0.6) is 0 Å². The van der Waals surface area contributed by atoms with Gasteiger partial charge in [-0.3, -0.25) is 9.78 Å². The van der Waals surface area contributed by atoms with Crippen molar-refractivity contribution in [3.63, 3.8) is 0 Å². The number of esters is 1. The molecule has 1 heterocycles. The standard InChI is InChI=1S/C18H22N2O2/c1-18(2,17(21)22-3)16(13-7-5-4-6-8-13)14-9-10-15(11-19)20-12-14/h4-10,12,16H,11,19H2,1-3H3. The molecule has 1 aromatic heterocycles. The maximum Gasteiger partial charge on any atom is 0.312 e. The van der Waals surface area contributed by atoms with Crippen LogP contribution in [0.25, 0.3) is 0 Å². The number of nitrogens with two attached hydrogens (primary N) is 1. The number of hydrogen-bond acceptors (Lipinski definition) is 4. The lowest BCUT2D eigenvalue weighted by molar-refractivity contribution is -0.151. The third-order valence-corrected chi connectivity index (χ3v) is 3.96. The van der Waals surface area contributed by atoms with Crippen LogP contribution in [0.1, 0.15) is 36.6 Å². The van der Waals surface area contributed by atoms with E-state index in [-0.39, 0.29) is 11.9 Å². The van der Waals surface area contributed by atoms with Gasteiger partial charge in [-0.2, -0.15) is 0 Å². The number of methoxy groups -OCH3 is 1. The number of nitrogens with zero attached hydrogens (tertiary/aromatic N) is 1. The summed E-state index contributed by atoms with van der Waals surface area (Å²) < 4.78 is 5.00. The number of aromatic nitrogens is 1. The van der Waals surface area contributed by atoms with Crippen LogP contribution in [0.15, 0.2) is 48.7 Å². The monoisotopic (exact) mass is 298 g/mol. The van der Waals surface area contributed by atoms with Crippen molar-refractivity contribution in [1.29, 1.82) is 0 Å². The van der Waals surface area contributed by atoms with E-state index in [1.165, 1.54) is 7.11 Å². The van der Waals surface area contributed by atoms with Crippen molar-refractivity contribution >= 4 is 5.97 Å². The van der Waals surface area contributed by atoms with E-state index in [9.17, 15) is 4.79 Å². The van der Waals surface area contributed by atoms with Crippen molar-refractivity contribution in [2.24, 2.45) is 11.1 Å². The Labute approximate surface area is 131 Å². The number of ether oxygens (including phenoxy) is 1. The van der Waals surface area contributed by atoms with Crippen molar-refractivity contribution in [3.05, 3.63) is 65.5 Å². The van der Waals surface area contributed by atoms with Crippen LogP contribution in [0, 0.1) is 5.41 Å². The molecule has 2 aromatic rings. The van der Waals surface area contributed by atoms with E-state index in [2.05, 4.69) is 4.98 Å². The summed E-state index contributed by atoms with van der Waals surface area (Å²) in [6.45, 7) is 4.19. The van der Waals surface area contributed by atoms with Crippen LogP contribution < -0.4 is 5.73 Å². The van der Waals surface area contributed by atoms with Gasteiger partial charge in [0, 0.05) is 18.7 Å². The van der Waals surface area contributed by atoms with Gasteiger partial charge in [0.1, 0.15) is 0 Å². The molecule has 4 heteroatoms. The molecule has 2 N–H and O–H groups in total. The van der Waals surface area contributed by atoms with Gasteiger partial charge in [-0.15, -0.1) is 0 Å². The smallest absolute Gasteiger partial charge is 0.312 e. The molecule has 0 radical (unpaired) electrons. The van der Waals surface area contributed by atoms with Crippen molar-refractivity contribution in [2.75, 3.05) is 7.11 Å². The van der Waals surface area contributed by atoms with Crippen molar-refractivity contribution in [1.82, 2.24) is 4.98 Å². The fourth-order valence-electron chi connectivity index (χ4n) is 2.78. The van der Waals surface area contributed by atoms with Crippen molar-refractivity contribution in [2.45, 2.75) is 26.3 Å². The maximum atomic E-state index is 12.3. The van der Waals surface area contributed by atoms with E-state index in [0.717, 1.165) is 16.8 Å². The molecule has 0 fully saturated rings. The van der Waals surface area contributed by atoms with Gasteiger partial charge in [0.25, 0.3) is 0 Å². The molecule has 22 heavy (non-hydrogen) atoms. The minimum absolute atomic E-state index is 0.138. The fraction of sp³-hybridized carbons (Fsp3) is 0.333. The van der Waals surface area contributed by atoms with Crippen LogP contribution in [0.4, 0.5) is 0 Å². The summed E-state index contributed by atoms with van der Waals surface area (Å²) in [4.78, 5) is 16.6. The number of carbonyl (C=O) groups is 1. The van der Waals surface area contributed by atoms with E-state index in [1.54, 1.807) is 6.20 Å². The van der Waals surface area contributed by atoms with Gasteiger partial charge in [0.2, 0.25) is 0 Å². The molecule has 116 valence electrons. The molecule has 0 amide bonds. The Kier molecular flexibility index (Phi) is 4.93. The topological polar surface area (TPSA) is 65.2 Å².